The van der Waals surface area contributed by atoms with Crippen molar-refractivity contribution >= 4 is 22.1 Å². The number of furan rings is 1. The lowest BCUT2D eigenvalue weighted by molar-refractivity contribution is 0.483. The van der Waals surface area contributed by atoms with Crippen molar-refractivity contribution in [3.8, 4) is 11.5 Å². The second-order valence-electron chi connectivity index (χ2n) is 4.53. The van der Waals surface area contributed by atoms with Gasteiger partial charge in [0.25, 0.3) is 0 Å². The van der Waals surface area contributed by atoms with Crippen LogP contribution in [0.25, 0.3) is 22.1 Å². The minimum atomic E-state index is 0.775. The van der Waals surface area contributed by atoms with E-state index in [2.05, 4.69) is 4.98 Å². The Morgan fingerprint density at radius 3 is 2.60 bits per heavy atom. The highest BCUT2D eigenvalue weighted by Crippen LogP contribution is 2.31. The van der Waals surface area contributed by atoms with Gasteiger partial charge in [0.2, 0.25) is 0 Å². The Kier molecular flexibility index (Phi) is 2.42. The molecule has 0 aliphatic rings. The summed E-state index contributed by atoms with van der Waals surface area (Å²) in [5.74, 6) is 1.59. The molecule has 3 heteroatoms. The predicted molar refractivity (Wildman–Crippen MR) is 78.0 cm³/mol. The highest BCUT2D eigenvalue weighted by atomic mass is 16.5. The van der Waals surface area contributed by atoms with Gasteiger partial charge in [-0.2, -0.15) is 0 Å². The molecule has 0 unspecified atom stereocenters. The summed E-state index contributed by atoms with van der Waals surface area (Å²) < 4.78 is 11.6. The summed E-state index contributed by atoms with van der Waals surface area (Å²) in [5, 5.41) is 0.967. The second kappa shape index (κ2) is 4.38. The topological polar surface area (TPSA) is 35.3 Å². The fraction of sp³-hybridized carbons (Fsp3) is 0. The van der Waals surface area contributed by atoms with Crippen molar-refractivity contribution in [3.05, 3.63) is 66.9 Å². The van der Waals surface area contributed by atoms with Crippen LogP contribution < -0.4 is 4.74 Å². The fourth-order valence-corrected chi connectivity index (χ4v) is 2.26. The Hall–Kier alpha value is -2.81. The van der Waals surface area contributed by atoms with E-state index >= 15 is 0 Å². The molecule has 96 valence electrons. The van der Waals surface area contributed by atoms with E-state index in [9.17, 15) is 0 Å². The first-order valence-corrected chi connectivity index (χ1v) is 6.40. The third-order valence-electron chi connectivity index (χ3n) is 3.18. The summed E-state index contributed by atoms with van der Waals surface area (Å²) in [6, 6.07) is 19.3. The predicted octanol–water partition coefficient (Wildman–Crippen LogP) is 4.77. The molecule has 0 saturated carbocycles. The Labute approximate surface area is 115 Å². The molecule has 2 aromatic heterocycles. The van der Waals surface area contributed by atoms with Crippen LogP contribution in [-0.4, -0.2) is 4.98 Å². The van der Waals surface area contributed by atoms with Gasteiger partial charge in [0.1, 0.15) is 22.6 Å². The molecule has 3 nitrogen and oxygen atoms in total. The minimum Gasteiger partial charge on any atom is -0.457 e. The first-order valence-electron chi connectivity index (χ1n) is 6.40. The molecular weight excluding hydrogens is 250 g/mol. The maximum absolute atomic E-state index is 5.84. The van der Waals surface area contributed by atoms with Gasteiger partial charge in [0.05, 0.1) is 5.39 Å². The van der Waals surface area contributed by atoms with Crippen molar-refractivity contribution in [2.75, 3.05) is 0 Å². The van der Waals surface area contributed by atoms with Gasteiger partial charge in [0, 0.05) is 6.20 Å². The molecule has 2 aromatic carbocycles. The molecule has 0 fully saturated rings. The normalized spacial score (nSPS) is 11.0. The third kappa shape index (κ3) is 1.80. The van der Waals surface area contributed by atoms with Crippen molar-refractivity contribution in [2.45, 2.75) is 0 Å². The van der Waals surface area contributed by atoms with Gasteiger partial charge in [-0.15, -0.1) is 0 Å². The van der Waals surface area contributed by atoms with Crippen LogP contribution in [0, 0.1) is 0 Å². The van der Waals surface area contributed by atoms with E-state index in [0.29, 0.717) is 0 Å². The molecule has 0 bridgehead atoms. The Balaban J connectivity index is 1.83. The van der Waals surface area contributed by atoms with Crippen LogP contribution in [0.15, 0.2) is 71.3 Å². The van der Waals surface area contributed by atoms with Crippen molar-refractivity contribution in [2.24, 2.45) is 0 Å². The van der Waals surface area contributed by atoms with Crippen LogP contribution in [0.5, 0.6) is 11.5 Å². The summed E-state index contributed by atoms with van der Waals surface area (Å²) in [6.45, 7) is 0. The Morgan fingerprint density at radius 1 is 0.800 bits per heavy atom. The zero-order valence-electron chi connectivity index (χ0n) is 10.6. The number of rotatable bonds is 2. The molecule has 0 aliphatic heterocycles. The lowest BCUT2D eigenvalue weighted by atomic mass is 10.2. The first kappa shape index (κ1) is 11.1. The van der Waals surface area contributed by atoms with E-state index in [1.807, 2.05) is 60.7 Å². The molecule has 0 aliphatic carbocycles. The standard InChI is InChI=1S/C17H11NO2/c1-2-5-12(6-3-1)19-13-8-9-15-14(11-13)17-16(20-15)7-4-10-18-17/h1-11H. The van der Waals surface area contributed by atoms with Crippen LogP contribution in [0.4, 0.5) is 0 Å². The van der Waals surface area contributed by atoms with Crippen molar-refractivity contribution in [1.29, 1.82) is 0 Å². The monoisotopic (exact) mass is 261 g/mol. The van der Waals surface area contributed by atoms with Crippen LogP contribution >= 0.6 is 0 Å². The molecule has 4 rings (SSSR count). The van der Waals surface area contributed by atoms with Gasteiger partial charge in [0.15, 0.2) is 5.58 Å². The maximum atomic E-state index is 5.84. The molecule has 0 atom stereocenters. The summed E-state index contributed by atoms with van der Waals surface area (Å²) in [4.78, 5) is 4.37. The molecule has 20 heavy (non-hydrogen) atoms. The highest BCUT2D eigenvalue weighted by Gasteiger charge is 2.08. The third-order valence-corrected chi connectivity index (χ3v) is 3.18. The number of aromatic nitrogens is 1. The number of benzene rings is 2. The fourth-order valence-electron chi connectivity index (χ4n) is 2.26. The van der Waals surface area contributed by atoms with Crippen LogP contribution in [0.1, 0.15) is 0 Å². The minimum absolute atomic E-state index is 0.775. The molecule has 0 spiro atoms. The number of hydrogen-bond donors (Lipinski definition) is 0. The van der Waals surface area contributed by atoms with E-state index in [1.165, 1.54) is 0 Å². The Bertz CT molecular complexity index is 881. The van der Waals surface area contributed by atoms with E-state index in [0.717, 1.165) is 33.6 Å². The SMILES string of the molecule is c1ccc(Oc2ccc3oc4cccnc4c3c2)cc1. The number of fused-ring (bicyclic) bond motifs is 3. The zero-order valence-corrected chi connectivity index (χ0v) is 10.6. The molecular formula is C17H11NO2. The number of hydrogen-bond acceptors (Lipinski definition) is 3. The van der Waals surface area contributed by atoms with Crippen molar-refractivity contribution in [1.82, 2.24) is 4.98 Å². The summed E-state index contributed by atoms with van der Waals surface area (Å²) in [7, 11) is 0. The van der Waals surface area contributed by atoms with Crippen LogP contribution in [-0.2, 0) is 0 Å². The summed E-state index contributed by atoms with van der Waals surface area (Å²) in [6.07, 6.45) is 1.77. The average Bonchev–Trinajstić information content (AvgIpc) is 2.86. The number of para-hydroxylation sites is 1. The maximum Gasteiger partial charge on any atom is 0.153 e. The lowest BCUT2D eigenvalue weighted by Crippen LogP contribution is -1.83. The molecule has 0 saturated heterocycles. The van der Waals surface area contributed by atoms with Gasteiger partial charge < -0.3 is 9.15 Å². The Morgan fingerprint density at radius 2 is 1.70 bits per heavy atom. The van der Waals surface area contributed by atoms with E-state index in [4.69, 9.17) is 9.15 Å². The van der Waals surface area contributed by atoms with Gasteiger partial charge >= 0.3 is 0 Å². The van der Waals surface area contributed by atoms with E-state index < -0.39 is 0 Å². The number of ether oxygens (including phenoxy) is 1. The zero-order chi connectivity index (χ0) is 13.4. The largest absolute Gasteiger partial charge is 0.457 e. The van der Waals surface area contributed by atoms with E-state index in [-0.39, 0.29) is 0 Å². The second-order valence-corrected chi connectivity index (χ2v) is 4.53. The molecule has 0 radical (unpaired) electrons. The van der Waals surface area contributed by atoms with Crippen molar-refractivity contribution in [3.63, 3.8) is 0 Å². The van der Waals surface area contributed by atoms with Gasteiger partial charge in [-0.1, -0.05) is 18.2 Å². The average molecular weight is 261 g/mol. The quantitative estimate of drug-likeness (QED) is 0.521. The van der Waals surface area contributed by atoms with Gasteiger partial charge in [-0.25, -0.2) is 0 Å². The first-order chi connectivity index (χ1) is 9.90. The summed E-state index contributed by atoms with van der Waals surface area (Å²) >= 11 is 0. The van der Waals surface area contributed by atoms with E-state index in [1.54, 1.807) is 6.20 Å². The lowest BCUT2D eigenvalue weighted by Gasteiger charge is -2.04. The van der Waals surface area contributed by atoms with Crippen LogP contribution in [0.2, 0.25) is 0 Å². The number of pyridine rings is 1. The summed E-state index contributed by atoms with van der Waals surface area (Å²) in [5.41, 5.74) is 2.47. The molecule has 0 N–H and O–H groups in total. The number of nitrogens with zero attached hydrogens (tertiary/aromatic N) is 1. The highest BCUT2D eigenvalue weighted by molar-refractivity contribution is 6.02. The molecule has 2 heterocycles. The smallest absolute Gasteiger partial charge is 0.153 e. The molecule has 4 aromatic rings. The van der Waals surface area contributed by atoms with Gasteiger partial charge in [-0.3, -0.25) is 4.98 Å². The van der Waals surface area contributed by atoms with Crippen LogP contribution in [0.3, 0.4) is 0 Å². The van der Waals surface area contributed by atoms with Crippen molar-refractivity contribution < 1.29 is 9.15 Å². The van der Waals surface area contributed by atoms with Gasteiger partial charge in [-0.05, 0) is 42.5 Å². The molecule has 0 amide bonds.